The number of rotatable bonds is 13. The summed E-state index contributed by atoms with van der Waals surface area (Å²) in [6.07, 6.45) is 12.3. The summed E-state index contributed by atoms with van der Waals surface area (Å²) in [4.78, 5) is 4.60. The lowest BCUT2D eigenvalue weighted by atomic mass is 9.80. The van der Waals surface area contributed by atoms with E-state index in [1.807, 2.05) is 18.2 Å². The number of halogens is 1. The molecule has 4 N–H and O–H groups in total. The van der Waals surface area contributed by atoms with Gasteiger partial charge in [0.25, 0.3) is 20.2 Å². The Balaban J connectivity index is 0.00000541. The lowest BCUT2D eigenvalue weighted by molar-refractivity contribution is 0.466. The van der Waals surface area contributed by atoms with Crippen LogP contribution in [-0.2, 0) is 31.1 Å². The van der Waals surface area contributed by atoms with Crippen molar-refractivity contribution in [3.8, 4) is 0 Å². The molecule has 0 saturated carbocycles. The van der Waals surface area contributed by atoms with Crippen LogP contribution in [-0.4, -0.2) is 62.1 Å². The number of anilines is 2. The minimum absolute atomic E-state index is 0. The molecule has 12 heteroatoms. The summed E-state index contributed by atoms with van der Waals surface area (Å²) in [6, 6.07) is 16.7. The summed E-state index contributed by atoms with van der Waals surface area (Å²) < 4.78 is 63.5. The van der Waals surface area contributed by atoms with Crippen LogP contribution in [0.3, 0.4) is 0 Å². The van der Waals surface area contributed by atoms with Gasteiger partial charge >= 0.3 is 0 Å². The zero-order chi connectivity index (χ0) is 34.9. The van der Waals surface area contributed by atoms with E-state index in [-0.39, 0.29) is 33.9 Å². The van der Waals surface area contributed by atoms with Crippen LogP contribution in [0.15, 0.2) is 94.7 Å². The molecule has 2 aromatic carbocycles. The molecule has 0 spiro atoms. The topological polar surface area (TPSA) is 147 Å². The molecule has 49 heavy (non-hydrogen) atoms. The van der Waals surface area contributed by atoms with E-state index < -0.39 is 20.2 Å². The van der Waals surface area contributed by atoms with Crippen molar-refractivity contribution in [2.24, 2.45) is 0 Å². The SMILES string of the molecule is CC1(C)C(=CC=C2CCC(C=CC3N(CCCCS(=O)(=O)O)c4ccccc4C3(C)C)=C2Cl)N(CCCCS(=O)(=O)O)c2ccccc21.O. The molecule has 2 aliphatic heterocycles. The molecular formula is C37H49ClN2O7S2. The number of allylic oxidation sites excluding steroid dienone is 7. The first-order valence-electron chi connectivity index (χ1n) is 16.6. The van der Waals surface area contributed by atoms with Gasteiger partial charge < -0.3 is 15.3 Å². The maximum Gasteiger partial charge on any atom is 0.264 e. The minimum atomic E-state index is -3.99. The van der Waals surface area contributed by atoms with Crippen molar-refractivity contribution in [2.75, 3.05) is 34.4 Å². The lowest BCUT2D eigenvalue weighted by Crippen LogP contribution is -2.40. The molecule has 1 atom stereocenters. The van der Waals surface area contributed by atoms with Crippen LogP contribution in [0.5, 0.6) is 0 Å². The second kappa shape index (κ2) is 15.1. The second-order valence-electron chi connectivity index (χ2n) is 14.1. The third-order valence-electron chi connectivity index (χ3n) is 10.0. The van der Waals surface area contributed by atoms with Gasteiger partial charge in [-0.1, -0.05) is 93.9 Å². The molecule has 2 heterocycles. The first-order valence-corrected chi connectivity index (χ1v) is 20.2. The van der Waals surface area contributed by atoms with Gasteiger partial charge in [-0.25, -0.2) is 0 Å². The molecule has 1 aliphatic carbocycles. The summed E-state index contributed by atoms with van der Waals surface area (Å²) in [5, 5.41) is 0.754. The Morgan fingerprint density at radius 1 is 0.796 bits per heavy atom. The van der Waals surface area contributed by atoms with E-state index in [2.05, 4.69) is 92.1 Å². The number of hydrogen-bond donors (Lipinski definition) is 2. The average molecular weight is 733 g/mol. The van der Waals surface area contributed by atoms with E-state index in [1.165, 1.54) is 11.1 Å². The molecule has 0 saturated heterocycles. The van der Waals surface area contributed by atoms with Gasteiger partial charge in [0, 0.05) is 46.0 Å². The Morgan fingerprint density at radius 2 is 1.37 bits per heavy atom. The first-order chi connectivity index (χ1) is 22.5. The van der Waals surface area contributed by atoms with Gasteiger partial charge in [0.2, 0.25) is 0 Å². The summed E-state index contributed by atoms with van der Waals surface area (Å²) in [5.74, 6) is -0.489. The van der Waals surface area contributed by atoms with E-state index in [0.29, 0.717) is 38.8 Å². The fraction of sp³-hybridized carbons (Fsp3) is 0.459. The number of fused-ring (bicyclic) bond motifs is 2. The highest BCUT2D eigenvalue weighted by molar-refractivity contribution is 7.86. The van der Waals surface area contributed by atoms with Crippen molar-refractivity contribution < 1.29 is 31.4 Å². The van der Waals surface area contributed by atoms with Gasteiger partial charge in [-0.15, -0.1) is 0 Å². The van der Waals surface area contributed by atoms with Crippen molar-refractivity contribution in [3.63, 3.8) is 0 Å². The quantitative estimate of drug-likeness (QED) is 0.164. The second-order valence-corrected chi connectivity index (χ2v) is 17.6. The van der Waals surface area contributed by atoms with Crippen LogP contribution in [0.4, 0.5) is 11.4 Å². The zero-order valence-corrected chi connectivity index (χ0v) is 31.1. The fourth-order valence-electron chi connectivity index (χ4n) is 7.47. The van der Waals surface area contributed by atoms with E-state index in [4.69, 9.17) is 11.6 Å². The Kier molecular flexibility index (Phi) is 12.0. The van der Waals surface area contributed by atoms with Crippen LogP contribution in [0.2, 0.25) is 0 Å². The predicted molar refractivity (Wildman–Crippen MR) is 200 cm³/mol. The molecule has 0 radical (unpaired) electrons. The molecule has 0 bridgehead atoms. The molecule has 0 amide bonds. The summed E-state index contributed by atoms with van der Waals surface area (Å²) in [6.45, 7) is 10.2. The van der Waals surface area contributed by atoms with Gasteiger partial charge in [-0.05, 0) is 79.0 Å². The average Bonchev–Trinajstić information content (AvgIpc) is 3.54. The van der Waals surface area contributed by atoms with Crippen molar-refractivity contribution in [3.05, 3.63) is 106 Å². The number of nitrogens with zero attached hydrogens (tertiary/aromatic N) is 2. The van der Waals surface area contributed by atoms with Crippen LogP contribution in [0.25, 0.3) is 0 Å². The van der Waals surface area contributed by atoms with E-state index in [1.54, 1.807) is 0 Å². The van der Waals surface area contributed by atoms with Crippen LogP contribution in [0, 0.1) is 0 Å². The molecule has 3 aliphatic rings. The first kappa shape index (κ1) is 38.9. The van der Waals surface area contributed by atoms with Crippen LogP contribution in [0.1, 0.15) is 77.3 Å². The van der Waals surface area contributed by atoms with Crippen LogP contribution >= 0.6 is 11.6 Å². The Labute approximate surface area is 296 Å². The van der Waals surface area contributed by atoms with Gasteiger partial charge in [0.1, 0.15) is 0 Å². The summed E-state index contributed by atoms with van der Waals surface area (Å²) >= 11 is 7.04. The number of unbranched alkanes of at least 4 members (excludes halogenated alkanes) is 2. The Morgan fingerprint density at radius 3 is 2.00 bits per heavy atom. The maximum atomic E-state index is 11.3. The van der Waals surface area contributed by atoms with E-state index in [9.17, 15) is 25.9 Å². The highest BCUT2D eigenvalue weighted by atomic mass is 35.5. The predicted octanol–water partition coefficient (Wildman–Crippen LogP) is 7.12. The van der Waals surface area contributed by atoms with Gasteiger partial charge in [0.15, 0.2) is 0 Å². The van der Waals surface area contributed by atoms with Crippen molar-refractivity contribution in [2.45, 2.75) is 83.1 Å². The van der Waals surface area contributed by atoms with E-state index >= 15 is 0 Å². The normalized spacial score (nSPS) is 21.6. The Hall–Kier alpha value is -2.93. The molecule has 268 valence electrons. The smallest absolute Gasteiger partial charge is 0.264 e. The largest absolute Gasteiger partial charge is 0.412 e. The zero-order valence-electron chi connectivity index (χ0n) is 28.7. The fourth-order valence-corrected chi connectivity index (χ4v) is 8.92. The van der Waals surface area contributed by atoms with E-state index in [0.717, 1.165) is 46.1 Å². The third kappa shape index (κ3) is 8.69. The minimum Gasteiger partial charge on any atom is -0.412 e. The molecule has 0 aromatic heterocycles. The molecule has 1 unspecified atom stereocenters. The summed E-state index contributed by atoms with van der Waals surface area (Å²) in [5.41, 5.74) is 7.53. The van der Waals surface area contributed by atoms with Crippen molar-refractivity contribution in [1.82, 2.24) is 0 Å². The molecule has 5 rings (SSSR count). The molecule has 9 nitrogen and oxygen atoms in total. The maximum absolute atomic E-state index is 11.3. The highest BCUT2D eigenvalue weighted by Gasteiger charge is 2.43. The number of benzene rings is 2. The number of para-hydroxylation sites is 2. The van der Waals surface area contributed by atoms with Gasteiger partial charge in [0.05, 0.1) is 17.5 Å². The lowest BCUT2D eigenvalue weighted by Gasteiger charge is -2.32. The van der Waals surface area contributed by atoms with Gasteiger partial charge in [-0.2, -0.15) is 16.8 Å². The molecule has 0 fully saturated rings. The number of hydrogen-bond acceptors (Lipinski definition) is 6. The molecule has 2 aromatic rings. The van der Waals surface area contributed by atoms with Crippen molar-refractivity contribution >= 4 is 43.2 Å². The monoisotopic (exact) mass is 732 g/mol. The molecular weight excluding hydrogens is 684 g/mol. The highest BCUT2D eigenvalue weighted by Crippen LogP contribution is 2.49. The standard InChI is InChI=1S/C37H47ClN2O6S2.H2O/c1-36(2)29-13-5-7-15-31(29)39(23-9-11-25-47(41,42)43)33(36)21-19-27-17-18-28(35(27)38)20-22-34-37(3,4)30-14-6-8-16-32(30)40(34)24-10-12-26-48(44,45)46;/h5-8,13-16,19-22,33H,9-12,17-18,23-26H2,1-4H3,(H,41,42,43)(H,44,45,46);1H2. The third-order valence-corrected chi connectivity index (χ3v) is 12.1. The van der Waals surface area contributed by atoms with Crippen molar-refractivity contribution in [1.29, 1.82) is 0 Å². The summed E-state index contributed by atoms with van der Waals surface area (Å²) in [7, 11) is -7.98. The van der Waals surface area contributed by atoms with Crippen LogP contribution < -0.4 is 9.80 Å². The van der Waals surface area contributed by atoms with Gasteiger partial charge in [-0.3, -0.25) is 9.11 Å². The Bertz CT molecular complexity index is 1880.